The van der Waals surface area contributed by atoms with Gasteiger partial charge in [-0.3, -0.25) is 0 Å². The van der Waals surface area contributed by atoms with E-state index in [1.165, 1.54) is 10.6 Å². The van der Waals surface area contributed by atoms with E-state index in [2.05, 4.69) is 58.8 Å². The van der Waals surface area contributed by atoms with Crippen molar-refractivity contribution in [1.82, 2.24) is 10.3 Å². The maximum Gasteiger partial charge on any atom is 0.185 e. The normalized spacial score (nSPS) is 11.9. The molecule has 0 bridgehead atoms. The first kappa shape index (κ1) is 15.4. The van der Waals surface area contributed by atoms with E-state index in [1.54, 1.807) is 0 Å². The number of thiazole rings is 1. The summed E-state index contributed by atoms with van der Waals surface area (Å²) in [5.41, 5.74) is 1.25. The van der Waals surface area contributed by atoms with Crippen molar-refractivity contribution in [3.63, 3.8) is 0 Å². The molecule has 0 spiro atoms. The van der Waals surface area contributed by atoms with Crippen LogP contribution in [0.15, 0.2) is 0 Å². The second kappa shape index (κ2) is 6.53. The molecule has 0 aliphatic carbocycles. The summed E-state index contributed by atoms with van der Waals surface area (Å²) >= 11 is 1.82. The van der Waals surface area contributed by atoms with E-state index in [-0.39, 0.29) is 0 Å². The topological polar surface area (TPSA) is 28.2 Å². The van der Waals surface area contributed by atoms with Gasteiger partial charge < -0.3 is 10.2 Å². The van der Waals surface area contributed by atoms with Gasteiger partial charge in [-0.2, -0.15) is 0 Å². The lowest BCUT2D eigenvalue weighted by molar-refractivity contribution is 0.588. The van der Waals surface area contributed by atoms with Gasteiger partial charge in [0.25, 0.3) is 0 Å². The first-order chi connectivity index (χ1) is 8.32. The summed E-state index contributed by atoms with van der Waals surface area (Å²) < 4.78 is 0. The van der Waals surface area contributed by atoms with E-state index in [9.17, 15) is 0 Å². The van der Waals surface area contributed by atoms with Crippen LogP contribution in [0.25, 0.3) is 0 Å². The van der Waals surface area contributed by atoms with Gasteiger partial charge in [0.05, 0.1) is 5.69 Å². The number of hydrogen-bond donors (Lipinski definition) is 1. The predicted molar refractivity (Wildman–Crippen MR) is 81.7 cm³/mol. The Kier molecular flexibility index (Phi) is 5.60. The molecule has 0 aliphatic heterocycles. The van der Waals surface area contributed by atoms with Crippen molar-refractivity contribution in [2.45, 2.75) is 66.1 Å². The molecule has 1 heterocycles. The highest BCUT2D eigenvalue weighted by molar-refractivity contribution is 7.15. The van der Waals surface area contributed by atoms with Gasteiger partial charge in [-0.15, -0.1) is 11.3 Å². The highest BCUT2D eigenvalue weighted by Gasteiger charge is 2.17. The summed E-state index contributed by atoms with van der Waals surface area (Å²) in [4.78, 5) is 8.43. The summed E-state index contributed by atoms with van der Waals surface area (Å²) in [5, 5.41) is 4.62. The van der Waals surface area contributed by atoms with E-state index < -0.39 is 0 Å². The van der Waals surface area contributed by atoms with Crippen LogP contribution in [0.3, 0.4) is 0 Å². The molecule has 1 aromatic heterocycles. The van der Waals surface area contributed by atoms with Crippen molar-refractivity contribution < 1.29 is 0 Å². The molecule has 1 N–H and O–H groups in total. The third-order valence-corrected chi connectivity index (χ3v) is 4.17. The standard InChI is InChI=1S/C14H27N3S/c1-9(2)13-12(8-15-10(3)4)18-14(16-13)17(7)11(5)6/h9-11,15H,8H2,1-7H3. The number of rotatable bonds is 6. The zero-order valence-corrected chi connectivity index (χ0v) is 13.6. The van der Waals surface area contributed by atoms with E-state index >= 15 is 0 Å². The maximum absolute atomic E-state index is 4.81. The Labute approximate surface area is 116 Å². The van der Waals surface area contributed by atoms with Crippen LogP contribution in [-0.4, -0.2) is 24.1 Å². The van der Waals surface area contributed by atoms with E-state index in [0.29, 0.717) is 18.0 Å². The number of nitrogens with zero attached hydrogens (tertiary/aromatic N) is 2. The predicted octanol–water partition coefficient (Wildman–Crippen LogP) is 3.61. The smallest absolute Gasteiger partial charge is 0.185 e. The van der Waals surface area contributed by atoms with Crippen LogP contribution < -0.4 is 10.2 Å². The molecule has 0 saturated heterocycles. The Morgan fingerprint density at radius 3 is 2.22 bits per heavy atom. The van der Waals surface area contributed by atoms with Crippen LogP contribution in [0.4, 0.5) is 5.13 Å². The summed E-state index contributed by atoms with van der Waals surface area (Å²) in [5.74, 6) is 0.486. The lowest BCUT2D eigenvalue weighted by atomic mass is 10.1. The molecule has 1 aromatic rings. The molecule has 0 saturated carbocycles. The van der Waals surface area contributed by atoms with Crippen LogP contribution in [-0.2, 0) is 6.54 Å². The van der Waals surface area contributed by atoms with Gasteiger partial charge in [0.1, 0.15) is 0 Å². The summed E-state index contributed by atoms with van der Waals surface area (Å²) in [6.07, 6.45) is 0. The first-order valence-electron chi connectivity index (χ1n) is 6.78. The largest absolute Gasteiger partial charge is 0.349 e. The van der Waals surface area contributed by atoms with E-state index in [4.69, 9.17) is 4.98 Å². The van der Waals surface area contributed by atoms with Crippen LogP contribution >= 0.6 is 11.3 Å². The Morgan fingerprint density at radius 1 is 1.17 bits per heavy atom. The van der Waals surface area contributed by atoms with Gasteiger partial charge in [-0.1, -0.05) is 27.7 Å². The van der Waals surface area contributed by atoms with Crippen molar-refractivity contribution >= 4 is 16.5 Å². The molecule has 0 fully saturated rings. The second-order valence-corrected chi connectivity index (χ2v) is 6.76. The van der Waals surface area contributed by atoms with Crippen LogP contribution in [0, 0.1) is 0 Å². The minimum Gasteiger partial charge on any atom is -0.349 e. The Balaban J connectivity index is 2.93. The fourth-order valence-electron chi connectivity index (χ4n) is 1.60. The van der Waals surface area contributed by atoms with Gasteiger partial charge in [0.2, 0.25) is 0 Å². The first-order valence-corrected chi connectivity index (χ1v) is 7.60. The van der Waals surface area contributed by atoms with Crippen LogP contribution in [0.5, 0.6) is 0 Å². The monoisotopic (exact) mass is 269 g/mol. The van der Waals surface area contributed by atoms with Gasteiger partial charge in [-0.05, 0) is 19.8 Å². The molecule has 104 valence electrons. The fourth-order valence-corrected chi connectivity index (χ4v) is 2.86. The average molecular weight is 269 g/mol. The number of aromatic nitrogens is 1. The minimum absolute atomic E-state index is 0.486. The van der Waals surface area contributed by atoms with Crippen LogP contribution in [0.1, 0.15) is 58.0 Å². The van der Waals surface area contributed by atoms with Crippen molar-refractivity contribution in [2.24, 2.45) is 0 Å². The summed E-state index contributed by atoms with van der Waals surface area (Å²) in [7, 11) is 2.12. The molecule has 0 atom stereocenters. The lowest BCUT2D eigenvalue weighted by Crippen LogP contribution is -2.25. The van der Waals surface area contributed by atoms with Crippen molar-refractivity contribution in [3.05, 3.63) is 10.6 Å². The van der Waals surface area contributed by atoms with Gasteiger partial charge in [0.15, 0.2) is 5.13 Å². The molecule has 18 heavy (non-hydrogen) atoms. The molecule has 0 aliphatic rings. The van der Waals surface area contributed by atoms with Crippen molar-refractivity contribution in [1.29, 1.82) is 0 Å². The Morgan fingerprint density at radius 2 is 1.78 bits per heavy atom. The molecular formula is C14H27N3S. The third-order valence-electron chi connectivity index (χ3n) is 3.01. The van der Waals surface area contributed by atoms with E-state index in [0.717, 1.165) is 11.7 Å². The fraction of sp³-hybridized carbons (Fsp3) is 0.786. The van der Waals surface area contributed by atoms with Crippen LogP contribution in [0.2, 0.25) is 0 Å². The second-order valence-electron chi connectivity index (χ2n) is 5.70. The molecule has 0 amide bonds. The molecule has 4 heteroatoms. The number of hydrogen-bond acceptors (Lipinski definition) is 4. The highest BCUT2D eigenvalue weighted by Crippen LogP contribution is 2.31. The molecule has 0 unspecified atom stereocenters. The highest BCUT2D eigenvalue weighted by atomic mass is 32.1. The van der Waals surface area contributed by atoms with Crippen molar-refractivity contribution in [2.75, 3.05) is 11.9 Å². The SMILES string of the molecule is CC(C)NCc1sc(N(C)C(C)C)nc1C(C)C. The summed E-state index contributed by atoms with van der Waals surface area (Å²) in [6, 6.07) is 1.00. The lowest BCUT2D eigenvalue weighted by Gasteiger charge is -2.19. The van der Waals surface area contributed by atoms with Crippen molar-refractivity contribution in [3.8, 4) is 0 Å². The molecule has 3 nitrogen and oxygen atoms in total. The minimum atomic E-state index is 0.486. The van der Waals surface area contributed by atoms with Gasteiger partial charge >= 0.3 is 0 Å². The molecule has 0 aromatic carbocycles. The molecular weight excluding hydrogens is 242 g/mol. The Hall–Kier alpha value is -0.610. The quantitative estimate of drug-likeness (QED) is 0.855. The number of anilines is 1. The van der Waals surface area contributed by atoms with E-state index in [1.807, 2.05) is 11.3 Å². The molecule has 1 rings (SSSR count). The third kappa shape index (κ3) is 3.95. The molecule has 0 radical (unpaired) electrons. The average Bonchev–Trinajstić information content (AvgIpc) is 2.69. The number of nitrogens with one attached hydrogen (secondary N) is 1. The van der Waals surface area contributed by atoms with Gasteiger partial charge in [-0.25, -0.2) is 4.98 Å². The maximum atomic E-state index is 4.81. The zero-order valence-electron chi connectivity index (χ0n) is 12.7. The Bertz CT molecular complexity index is 369. The summed E-state index contributed by atoms with van der Waals surface area (Å²) in [6.45, 7) is 14.1. The van der Waals surface area contributed by atoms with Gasteiger partial charge in [0, 0.05) is 30.6 Å². The zero-order chi connectivity index (χ0) is 13.9.